The van der Waals surface area contributed by atoms with Crippen molar-refractivity contribution in [3.63, 3.8) is 0 Å². The van der Waals surface area contributed by atoms with E-state index in [2.05, 4.69) is 39.7 Å². The molecule has 1 aromatic heterocycles. The molecule has 0 fully saturated rings. The normalized spacial score (nSPS) is 10.7. The molecule has 150 valence electrons. The first kappa shape index (κ1) is 20.3. The Morgan fingerprint density at radius 1 is 1.03 bits per heavy atom. The predicted octanol–water partition coefficient (Wildman–Crippen LogP) is 4.75. The molecule has 0 aliphatic heterocycles. The molecule has 0 unspecified atom stereocenters. The number of benzene rings is 2. The second kappa shape index (κ2) is 9.19. The van der Waals surface area contributed by atoms with Crippen LogP contribution in [0.4, 0.5) is 11.5 Å². The molecule has 2 aromatic carbocycles. The van der Waals surface area contributed by atoms with Gasteiger partial charge in [0.25, 0.3) is 5.91 Å². The Bertz CT molecular complexity index is 1000. The highest BCUT2D eigenvalue weighted by atomic mass is 16.5. The van der Waals surface area contributed by atoms with Crippen molar-refractivity contribution in [1.82, 2.24) is 9.97 Å². The number of aromatic nitrogens is 2. The van der Waals surface area contributed by atoms with Crippen LogP contribution < -0.4 is 15.4 Å². The Morgan fingerprint density at radius 3 is 2.59 bits per heavy atom. The van der Waals surface area contributed by atoms with Crippen LogP contribution >= 0.6 is 0 Å². The van der Waals surface area contributed by atoms with Crippen LogP contribution in [0.25, 0.3) is 0 Å². The Kier molecular flexibility index (Phi) is 6.44. The molecule has 1 heterocycles. The zero-order valence-electron chi connectivity index (χ0n) is 17.2. The van der Waals surface area contributed by atoms with Gasteiger partial charge in [-0.05, 0) is 45.4 Å². The summed E-state index contributed by atoms with van der Waals surface area (Å²) in [6, 6.07) is 17.3. The molecule has 1 amide bonds. The summed E-state index contributed by atoms with van der Waals surface area (Å²) in [5.74, 6) is 1.44. The van der Waals surface area contributed by atoms with Crippen molar-refractivity contribution in [3.05, 3.63) is 77.2 Å². The van der Waals surface area contributed by atoms with Gasteiger partial charge in [-0.15, -0.1) is 0 Å². The molecule has 0 bridgehead atoms. The van der Waals surface area contributed by atoms with Crippen LogP contribution in [0.2, 0.25) is 0 Å². The molecule has 0 saturated carbocycles. The van der Waals surface area contributed by atoms with Gasteiger partial charge in [-0.1, -0.05) is 42.0 Å². The maximum absolute atomic E-state index is 12.8. The lowest BCUT2D eigenvalue weighted by Crippen LogP contribution is -2.17. The minimum atomic E-state index is -0.311. The number of carbonyl (C=O) groups excluding carboxylic acids is 1. The van der Waals surface area contributed by atoms with E-state index in [-0.39, 0.29) is 12.0 Å². The van der Waals surface area contributed by atoms with Gasteiger partial charge >= 0.3 is 0 Å². The van der Waals surface area contributed by atoms with E-state index in [1.807, 2.05) is 44.2 Å². The van der Waals surface area contributed by atoms with Crippen molar-refractivity contribution in [2.24, 2.45) is 0 Å². The van der Waals surface area contributed by atoms with Crippen LogP contribution in [0.15, 0.2) is 54.6 Å². The van der Waals surface area contributed by atoms with Gasteiger partial charge in [0, 0.05) is 12.6 Å². The van der Waals surface area contributed by atoms with E-state index < -0.39 is 0 Å². The minimum Gasteiger partial charge on any atom is -0.489 e. The number of hydrogen-bond donors (Lipinski definition) is 2. The first-order valence-electron chi connectivity index (χ1n) is 9.63. The molecule has 0 spiro atoms. The molecule has 6 nitrogen and oxygen atoms in total. The average Bonchev–Trinajstić information content (AvgIpc) is 2.67. The number of hydrogen-bond acceptors (Lipinski definition) is 5. The number of nitrogens with zero attached hydrogens (tertiary/aromatic N) is 2. The molecule has 0 saturated heterocycles. The Labute approximate surface area is 171 Å². The van der Waals surface area contributed by atoms with Crippen molar-refractivity contribution < 1.29 is 9.53 Å². The summed E-state index contributed by atoms with van der Waals surface area (Å²) in [7, 11) is 0. The second-order valence-electron chi connectivity index (χ2n) is 7.15. The number of aryl methyl sites for hydroxylation is 2. The van der Waals surface area contributed by atoms with Crippen LogP contribution in [0.1, 0.15) is 41.3 Å². The number of rotatable bonds is 7. The summed E-state index contributed by atoms with van der Waals surface area (Å²) in [6.45, 7) is 8.33. The SMILES string of the molecule is Cc1cccc(CNc2cc(C(=O)Nc3ccccc3OC(C)C)nc(C)n2)c1. The molecular formula is C23H26N4O2. The Hall–Kier alpha value is -3.41. The maximum atomic E-state index is 12.8. The Balaban J connectivity index is 1.74. The maximum Gasteiger partial charge on any atom is 0.274 e. The zero-order chi connectivity index (χ0) is 20.8. The van der Waals surface area contributed by atoms with E-state index in [0.717, 1.165) is 5.56 Å². The molecule has 3 rings (SSSR count). The molecule has 2 N–H and O–H groups in total. The number of ether oxygens (including phenoxy) is 1. The average molecular weight is 390 g/mol. The van der Waals surface area contributed by atoms with Gasteiger partial charge in [0.05, 0.1) is 11.8 Å². The summed E-state index contributed by atoms with van der Waals surface area (Å²) in [6.07, 6.45) is 0.00627. The van der Waals surface area contributed by atoms with Gasteiger partial charge in [-0.2, -0.15) is 0 Å². The van der Waals surface area contributed by atoms with Crippen molar-refractivity contribution >= 4 is 17.4 Å². The quantitative estimate of drug-likeness (QED) is 0.609. The van der Waals surface area contributed by atoms with Crippen molar-refractivity contribution in [1.29, 1.82) is 0 Å². The third kappa shape index (κ3) is 5.78. The smallest absolute Gasteiger partial charge is 0.274 e. The van der Waals surface area contributed by atoms with Gasteiger partial charge in [0.2, 0.25) is 0 Å². The number of para-hydroxylation sites is 2. The summed E-state index contributed by atoms with van der Waals surface area (Å²) in [5, 5.41) is 6.16. The third-order valence-electron chi connectivity index (χ3n) is 4.12. The standard InChI is InChI=1S/C23H26N4O2/c1-15(2)29-21-11-6-5-10-19(21)27-23(28)20-13-22(26-17(4)25-20)24-14-18-9-7-8-16(3)12-18/h5-13,15H,14H2,1-4H3,(H,27,28)(H,24,25,26). The molecule has 0 aliphatic carbocycles. The lowest BCUT2D eigenvalue weighted by molar-refractivity contribution is 0.102. The van der Waals surface area contributed by atoms with Gasteiger partial charge in [-0.3, -0.25) is 4.79 Å². The van der Waals surface area contributed by atoms with E-state index in [1.165, 1.54) is 5.56 Å². The van der Waals surface area contributed by atoms with Crippen LogP contribution in [0.3, 0.4) is 0 Å². The minimum absolute atomic E-state index is 0.00627. The first-order valence-corrected chi connectivity index (χ1v) is 9.63. The molecule has 0 atom stereocenters. The monoisotopic (exact) mass is 390 g/mol. The summed E-state index contributed by atoms with van der Waals surface area (Å²) >= 11 is 0. The molecule has 0 radical (unpaired) electrons. The van der Waals surface area contributed by atoms with E-state index in [1.54, 1.807) is 19.1 Å². The van der Waals surface area contributed by atoms with Gasteiger partial charge in [0.15, 0.2) is 0 Å². The third-order valence-corrected chi connectivity index (χ3v) is 4.12. The van der Waals surface area contributed by atoms with Crippen molar-refractivity contribution in [2.45, 2.75) is 40.3 Å². The van der Waals surface area contributed by atoms with E-state index in [9.17, 15) is 4.79 Å². The molecule has 29 heavy (non-hydrogen) atoms. The Morgan fingerprint density at radius 2 is 1.83 bits per heavy atom. The lowest BCUT2D eigenvalue weighted by Gasteiger charge is -2.15. The van der Waals surface area contributed by atoms with E-state index in [0.29, 0.717) is 35.3 Å². The fourth-order valence-corrected chi connectivity index (χ4v) is 2.90. The molecule has 6 heteroatoms. The first-order chi connectivity index (χ1) is 13.9. The number of nitrogens with one attached hydrogen (secondary N) is 2. The molecule has 0 aliphatic rings. The number of amides is 1. The van der Waals surface area contributed by atoms with Crippen molar-refractivity contribution in [2.75, 3.05) is 10.6 Å². The van der Waals surface area contributed by atoms with Crippen LogP contribution in [-0.4, -0.2) is 22.0 Å². The van der Waals surface area contributed by atoms with Gasteiger partial charge in [-0.25, -0.2) is 9.97 Å². The van der Waals surface area contributed by atoms with Crippen molar-refractivity contribution in [3.8, 4) is 5.75 Å². The van der Waals surface area contributed by atoms with Gasteiger partial charge < -0.3 is 15.4 Å². The fraction of sp³-hybridized carbons (Fsp3) is 0.261. The number of carbonyl (C=O) groups is 1. The van der Waals surface area contributed by atoms with E-state index in [4.69, 9.17) is 4.74 Å². The number of anilines is 2. The summed E-state index contributed by atoms with van der Waals surface area (Å²) < 4.78 is 5.77. The largest absolute Gasteiger partial charge is 0.489 e. The highest BCUT2D eigenvalue weighted by Gasteiger charge is 2.14. The highest BCUT2D eigenvalue weighted by Crippen LogP contribution is 2.25. The van der Waals surface area contributed by atoms with Crippen LogP contribution in [-0.2, 0) is 6.54 Å². The zero-order valence-corrected chi connectivity index (χ0v) is 17.2. The highest BCUT2D eigenvalue weighted by molar-refractivity contribution is 6.04. The lowest BCUT2D eigenvalue weighted by atomic mass is 10.1. The predicted molar refractivity (Wildman–Crippen MR) is 115 cm³/mol. The van der Waals surface area contributed by atoms with Crippen LogP contribution in [0.5, 0.6) is 5.75 Å². The molecular weight excluding hydrogens is 364 g/mol. The molecule has 3 aromatic rings. The fourth-order valence-electron chi connectivity index (χ4n) is 2.90. The van der Waals surface area contributed by atoms with Crippen LogP contribution in [0, 0.1) is 13.8 Å². The summed E-state index contributed by atoms with van der Waals surface area (Å²) in [5.41, 5.74) is 3.25. The topological polar surface area (TPSA) is 76.1 Å². The summed E-state index contributed by atoms with van der Waals surface area (Å²) in [4.78, 5) is 21.5. The second-order valence-corrected chi connectivity index (χ2v) is 7.15. The van der Waals surface area contributed by atoms with Gasteiger partial charge in [0.1, 0.15) is 23.1 Å². The van der Waals surface area contributed by atoms with E-state index >= 15 is 0 Å².